The summed E-state index contributed by atoms with van der Waals surface area (Å²) in [4.78, 5) is 47.4. The second-order valence-corrected chi connectivity index (χ2v) is 26.1. The summed E-state index contributed by atoms with van der Waals surface area (Å²) < 4.78 is 24.6. The van der Waals surface area contributed by atoms with Crippen molar-refractivity contribution < 1.29 is 38.4 Å². The third-order valence-electron chi connectivity index (χ3n) is 13.1. The molecule has 1 fully saturated rings. The number of esters is 1. The number of likely N-dealkylation sites (N-methyl/N-ethyl adjacent to an activating group) is 2. The molecular weight excluding hydrogens is 916 g/mol. The molecule has 0 aliphatic heterocycles. The first-order valence-corrected chi connectivity index (χ1v) is 27.5. The number of benzene rings is 2. The summed E-state index contributed by atoms with van der Waals surface area (Å²) in [5.41, 5.74) is 0.0532. The molecule has 0 bridgehead atoms. The number of phenolic OH excluding ortho intramolecular Hbond substituents is 1. The van der Waals surface area contributed by atoms with Crippen LogP contribution in [0.3, 0.4) is 0 Å². The van der Waals surface area contributed by atoms with E-state index in [-0.39, 0.29) is 53.8 Å². The van der Waals surface area contributed by atoms with Crippen molar-refractivity contribution in [2.75, 3.05) is 47.4 Å². The maximum Gasteiger partial charge on any atom is 0.339 e. The number of hydrogen-bond acceptors (Lipinski definition) is 13. The Bertz CT molecular complexity index is 2410. The monoisotopic (exact) mass is 980 g/mol. The number of thiophene rings is 2. The molecule has 1 aliphatic rings. The van der Waals surface area contributed by atoms with Gasteiger partial charge in [-0.1, -0.05) is 50.6 Å². The number of carbonyl (C=O) groups is 2. The fourth-order valence-electron chi connectivity index (χ4n) is 7.98. The van der Waals surface area contributed by atoms with Crippen LogP contribution in [0.15, 0.2) is 76.2 Å². The summed E-state index contributed by atoms with van der Waals surface area (Å²) in [5.74, 6) is 0.0924. The Morgan fingerprint density at radius 2 is 1.62 bits per heavy atom. The molecule has 0 radical (unpaired) electrons. The van der Waals surface area contributed by atoms with Crippen LogP contribution in [0.1, 0.15) is 73.4 Å². The molecule has 1 amide bonds. The number of aromatic nitrogens is 1. The lowest BCUT2D eigenvalue weighted by Crippen LogP contribution is -2.47. The number of hydrogen-bond donors (Lipinski definition) is 4. The lowest BCUT2D eigenvalue weighted by molar-refractivity contribution is -0.173. The largest absolute Gasteiger partial charge is 0.506 e. The Morgan fingerprint density at radius 1 is 0.955 bits per heavy atom. The van der Waals surface area contributed by atoms with Crippen LogP contribution in [0.25, 0.3) is 10.9 Å². The van der Waals surface area contributed by atoms with Gasteiger partial charge in [0, 0.05) is 84.9 Å². The van der Waals surface area contributed by atoms with Gasteiger partial charge in [0.2, 0.25) is 5.56 Å². The zero-order valence-corrected chi connectivity index (χ0v) is 42.7. The van der Waals surface area contributed by atoms with Gasteiger partial charge in [-0.15, -0.1) is 22.7 Å². The average molecular weight is 982 g/mol. The molecule has 2 aromatic carbocycles. The minimum atomic E-state index is -2.29. The van der Waals surface area contributed by atoms with Crippen molar-refractivity contribution in [1.82, 2.24) is 20.1 Å². The molecule has 3 heterocycles. The Morgan fingerprint density at radius 3 is 2.23 bits per heavy atom. The molecule has 358 valence electrons. The zero-order valence-electron chi connectivity index (χ0n) is 39.3. The summed E-state index contributed by atoms with van der Waals surface area (Å²) in [7, 11) is 3.08. The van der Waals surface area contributed by atoms with Crippen molar-refractivity contribution in [3.8, 4) is 17.2 Å². The fourth-order valence-corrected chi connectivity index (χ4v) is 11.1. The normalized spacial score (nSPS) is 16.3. The van der Waals surface area contributed by atoms with Gasteiger partial charge in [-0.2, -0.15) is 0 Å². The van der Waals surface area contributed by atoms with Gasteiger partial charge in [-0.3, -0.25) is 9.59 Å². The van der Waals surface area contributed by atoms with E-state index in [2.05, 4.69) is 56.1 Å². The molecular formula is C49H65ClN4O9S2Si. The summed E-state index contributed by atoms with van der Waals surface area (Å²) in [5, 5.41) is 30.6. The average Bonchev–Trinajstić information content (AvgIpc) is 3.99. The van der Waals surface area contributed by atoms with E-state index in [0.717, 1.165) is 33.7 Å². The zero-order chi connectivity index (χ0) is 47.8. The number of H-pyrrole nitrogens is 1. The number of aliphatic hydroxyl groups is 1. The molecule has 13 nitrogen and oxygen atoms in total. The van der Waals surface area contributed by atoms with Gasteiger partial charge in [0.1, 0.15) is 23.4 Å². The Labute approximate surface area is 402 Å². The van der Waals surface area contributed by atoms with E-state index in [0.29, 0.717) is 66.4 Å². The highest BCUT2D eigenvalue weighted by Gasteiger charge is 2.42. The molecule has 1 aliphatic carbocycles. The molecule has 6 rings (SSSR count). The molecule has 5 aromatic rings. The molecule has 0 spiro atoms. The summed E-state index contributed by atoms with van der Waals surface area (Å²) in [6, 6.07) is 18.0. The van der Waals surface area contributed by atoms with Gasteiger partial charge >= 0.3 is 5.97 Å². The Kier molecular flexibility index (Phi) is 17.2. The standard InChI is InChI=1S/C49H65ClN4O9S2Si/c1-48(2,3)66(7,8)63-43(37-17-19-40(55)46-38(37)18-20-44(56)52-46)30-51-29-32-25-39(50)42(26-41(32)60-6)61-31-45(57)54(5)22-21-53(4)33-13-15-34(16-14-33)62-47(58)49(59,27-35-11-9-23-64-35)28-36-12-10-24-65-36/h9-12,17-20,23-26,33-34,43,51,55,59H,13-16,21-22,27-31H2,1-8H3,(H,52,56)/t33?,34?,43-/m0/s1. The minimum absolute atomic E-state index is 0.0111. The number of pyridine rings is 1. The van der Waals surface area contributed by atoms with Gasteiger partial charge in [-0.05, 0) is 97.5 Å². The topological polar surface area (TPSA) is 163 Å². The second kappa shape index (κ2) is 22.2. The van der Waals surface area contributed by atoms with Gasteiger partial charge in [-0.25, -0.2) is 4.79 Å². The van der Waals surface area contributed by atoms with Gasteiger partial charge < -0.3 is 49.0 Å². The van der Waals surface area contributed by atoms with Crippen LogP contribution >= 0.6 is 34.3 Å². The third kappa shape index (κ3) is 13.0. The summed E-state index contributed by atoms with van der Waals surface area (Å²) in [6.45, 7) is 12.6. The quantitative estimate of drug-likeness (QED) is 0.0411. The van der Waals surface area contributed by atoms with Crippen molar-refractivity contribution in [1.29, 1.82) is 0 Å². The van der Waals surface area contributed by atoms with Crippen LogP contribution in [0, 0.1) is 0 Å². The van der Waals surface area contributed by atoms with Crippen LogP contribution in [-0.2, 0) is 38.1 Å². The van der Waals surface area contributed by atoms with Crippen LogP contribution in [-0.4, -0.2) is 110 Å². The Hall–Kier alpha value is -4.26. The van der Waals surface area contributed by atoms with Crippen molar-refractivity contribution >= 4 is 65.4 Å². The number of aromatic amines is 1. The second-order valence-electron chi connectivity index (χ2n) is 18.8. The highest BCUT2D eigenvalue weighted by Crippen LogP contribution is 2.41. The first-order valence-electron chi connectivity index (χ1n) is 22.4. The molecule has 0 unspecified atom stereocenters. The molecule has 1 saturated carbocycles. The summed E-state index contributed by atoms with van der Waals surface area (Å²) >= 11 is 9.78. The number of nitrogens with zero attached hydrogens (tertiary/aromatic N) is 2. The number of rotatable bonds is 21. The van der Waals surface area contributed by atoms with Gasteiger partial charge in [0.05, 0.1) is 23.8 Å². The highest BCUT2D eigenvalue weighted by molar-refractivity contribution is 7.10. The number of halogens is 1. The Balaban J connectivity index is 0.982. The number of carbonyl (C=O) groups excluding carboxylic acids is 2. The SMILES string of the molecule is COc1cc(OCC(=O)N(C)CCN(C)C2CCC(OC(=O)C(O)(Cc3cccs3)Cc3cccs3)CC2)c(Cl)cc1CNC[C@H](O[Si](C)(C)C(C)(C)C)c1ccc(O)c2[nH]c(=O)ccc12. The van der Waals surface area contributed by atoms with Gasteiger partial charge in [0.15, 0.2) is 20.5 Å². The summed E-state index contributed by atoms with van der Waals surface area (Å²) in [6.07, 6.45) is 2.83. The molecule has 66 heavy (non-hydrogen) atoms. The van der Waals surface area contributed by atoms with Crippen molar-refractivity contribution in [2.24, 2.45) is 0 Å². The number of fused-ring (bicyclic) bond motifs is 1. The maximum atomic E-state index is 13.5. The maximum absolute atomic E-state index is 13.5. The number of ether oxygens (including phenoxy) is 3. The van der Waals surface area contributed by atoms with E-state index >= 15 is 0 Å². The van der Waals surface area contributed by atoms with Gasteiger partial charge in [0.25, 0.3) is 5.91 Å². The van der Waals surface area contributed by atoms with Crippen LogP contribution in [0.2, 0.25) is 23.2 Å². The van der Waals surface area contributed by atoms with E-state index in [1.54, 1.807) is 43.3 Å². The van der Waals surface area contributed by atoms with E-state index in [1.807, 2.05) is 41.1 Å². The van der Waals surface area contributed by atoms with Crippen molar-refractivity contribution in [3.05, 3.63) is 108 Å². The van der Waals surface area contributed by atoms with Crippen molar-refractivity contribution in [3.63, 3.8) is 0 Å². The van der Waals surface area contributed by atoms with Crippen molar-refractivity contribution in [2.45, 2.75) is 108 Å². The van der Waals surface area contributed by atoms with Crippen LogP contribution in [0.5, 0.6) is 17.2 Å². The molecule has 0 saturated heterocycles. The smallest absolute Gasteiger partial charge is 0.339 e. The first-order chi connectivity index (χ1) is 31.3. The predicted molar refractivity (Wildman–Crippen MR) is 266 cm³/mol. The lowest BCUT2D eigenvalue weighted by atomic mass is 9.90. The number of aromatic hydroxyl groups is 1. The first kappa shape index (κ1) is 51.1. The number of amides is 1. The third-order valence-corrected chi connectivity index (χ3v) is 19.6. The molecule has 4 N–H and O–H groups in total. The minimum Gasteiger partial charge on any atom is -0.506 e. The lowest BCUT2D eigenvalue weighted by Gasteiger charge is -2.39. The van der Waals surface area contributed by atoms with E-state index < -0.39 is 26.0 Å². The van der Waals surface area contributed by atoms with E-state index in [1.165, 1.54) is 28.7 Å². The van der Waals surface area contributed by atoms with Crippen LogP contribution < -0.4 is 20.3 Å². The molecule has 3 aromatic heterocycles. The fraction of sp³-hybridized carbons (Fsp3) is 0.490. The number of nitrogens with one attached hydrogen (secondary N) is 2. The number of methoxy groups -OCH3 is 1. The predicted octanol–water partition coefficient (Wildman–Crippen LogP) is 8.71. The van der Waals surface area contributed by atoms with E-state index in [4.69, 9.17) is 30.2 Å². The highest BCUT2D eigenvalue weighted by atomic mass is 35.5. The van der Waals surface area contributed by atoms with Crippen LogP contribution in [0.4, 0.5) is 0 Å². The molecule has 17 heteroatoms. The number of phenols is 1. The van der Waals surface area contributed by atoms with E-state index in [9.17, 15) is 24.6 Å². The molecule has 1 atom stereocenters.